The maximum absolute atomic E-state index is 12.5. The summed E-state index contributed by atoms with van der Waals surface area (Å²) < 4.78 is 29.5. The number of rotatable bonds is 6. The second-order valence-corrected chi connectivity index (χ2v) is 4.84. The summed E-state index contributed by atoms with van der Waals surface area (Å²) in [5.74, 6) is 0.0642. The van der Waals surface area contributed by atoms with Crippen LogP contribution in [0, 0.1) is 0 Å². The third-order valence-electron chi connectivity index (χ3n) is 3.26. The Morgan fingerprint density at radius 1 is 1.09 bits per heavy atom. The number of carbonyl (C=O) groups excluding carboxylic acids is 1. The van der Waals surface area contributed by atoms with Gasteiger partial charge in [0.05, 0.1) is 6.04 Å². The second-order valence-electron chi connectivity index (χ2n) is 4.84. The van der Waals surface area contributed by atoms with Gasteiger partial charge in [-0.05, 0) is 24.6 Å². The Morgan fingerprint density at radius 2 is 1.74 bits per heavy atom. The van der Waals surface area contributed by atoms with Crippen molar-refractivity contribution in [2.45, 2.75) is 26.0 Å². The second kappa shape index (κ2) is 8.12. The first-order chi connectivity index (χ1) is 11.1. The van der Waals surface area contributed by atoms with Gasteiger partial charge in [0.15, 0.2) is 0 Å². The van der Waals surface area contributed by atoms with Crippen molar-refractivity contribution in [2.75, 3.05) is 5.32 Å². The zero-order chi connectivity index (χ0) is 16.7. The molecule has 0 bridgehead atoms. The number of amides is 2. The lowest BCUT2D eigenvalue weighted by Gasteiger charge is -2.20. The standard InChI is InChI=1S/C17H18F2N2O2/c1-2-14(13-10-6-7-11-15(13)23-16(18)19)21-17(22)20-12-8-4-3-5-9-12/h3-11,14,16H,2H2,1H3,(H2,20,21,22)/t14-/m0/s1. The molecule has 0 saturated carbocycles. The van der Waals surface area contributed by atoms with Gasteiger partial charge in [0, 0.05) is 11.3 Å². The topological polar surface area (TPSA) is 50.4 Å². The summed E-state index contributed by atoms with van der Waals surface area (Å²) in [6.45, 7) is -1.06. The van der Waals surface area contributed by atoms with E-state index < -0.39 is 18.7 Å². The van der Waals surface area contributed by atoms with Gasteiger partial charge in [-0.15, -0.1) is 0 Å². The molecule has 2 aromatic rings. The summed E-state index contributed by atoms with van der Waals surface area (Å²) in [6.07, 6.45) is 0.534. The van der Waals surface area contributed by atoms with E-state index in [-0.39, 0.29) is 5.75 Å². The van der Waals surface area contributed by atoms with Crippen molar-refractivity contribution in [1.29, 1.82) is 0 Å². The molecule has 6 heteroatoms. The molecule has 0 aromatic heterocycles. The van der Waals surface area contributed by atoms with E-state index in [1.807, 2.05) is 13.0 Å². The van der Waals surface area contributed by atoms with E-state index >= 15 is 0 Å². The molecule has 0 aliphatic rings. The Morgan fingerprint density at radius 3 is 2.39 bits per heavy atom. The predicted molar refractivity (Wildman–Crippen MR) is 84.7 cm³/mol. The van der Waals surface area contributed by atoms with Crippen molar-refractivity contribution >= 4 is 11.7 Å². The average molecular weight is 320 g/mol. The van der Waals surface area contributed by atoms with E-state index in [1.54, 1.807) is 42.5 Å². The SMILES string of the molecule is CC[C@H](NC(=O)Nc1ccccc1)c1ccccc1OC(F)F. The maximum Gasteiger partial charge on any atom is 0.387 e. The number of benzene rings is 2. The third-order valence-corrected chi connectivity index (χ3v) is 3.26. The highest BCUT2D eigenvalue weighted by Gasteiger charge is 2.18. The first-order valence-electron chi connectivity index (χ1n) is 7.26. The van der Waals surface area contributed by atoms with E-state index in [4.69, 9.17) is 0 Å². The van der Waals surface area contributed by atoms with Gasteiger partial charge in [0.25, 0.3) is 0 Å². The van der Waals surface area contributed by atoms with Gasteiger partial charge in [0.2, 0.25) is 0 Å². The molecule has 122 valence electrons. The highest BCUT2D eigenvalue weighted by Crippen LogP contribution is 2.28. The Bertz CT molecular complexity index is 636. The number of para-hydroxylation sites is 2. The maximum atomic E-state index is 12.5. The van der Waals surface area contributed by atoms with Crippen LogP contribution in [0.2, 0.25) is 0 Å². The minimum Gasteiger partial charge on any atom is -0.434 e. The van der Waals surface area contributed by atoms with Crippen molar-refractivity contribution < 1.29 is 18.3 Å². The molecule has 0 aliphatic heterocycles. The Hall–Kier alpha value is -2.63. The number of hydrogen-bond donors (Lipinski definition) is 2. The van der Waals surface area contributed by atoms with Gasteiger partial charge < -0.3 is 15.4 Å². The summed E-state index contributed by atoms with van der Waals surface area (Å²) >= 11 is 0. The smallest absolute Gasteiger partial charge is 0.387 e. The Labute approximate surface area is 133 Å². The fraction of sp³-hybridized carbons (Fsp3) is 0.235. The van der Waals surface area contributed by atoms with Crippen LogP contribution >= 0.6 is 0 Å². The summed E-state index contributed by atoms with van der Waals surface area (Å²) in [5, 5.41) is 5.47. The van der Waals surface area contributed by atoms with Gasteiger partial charge in [-0.2, -0.15) is 8.78 Å². The molecule has 0 aliphatic carbocycles. The van der Waals surface area contributed by atoms with Crippen molar-refractivity contribution in [3.8, 4) is 5.75 Å². The molecule has 23 heavy (non-hydrogen) atoms. The van der Waals surface area contributed by atoms with Crippen LogP contribution in [-0.4, -0.2) is 12.6 Å². The lowest BCUT2D eigenvalue weighted by molar-refractivity contribution is -0.0506. The van der Waals surface area contributed by atoms with Gasteiger partial charge in [-0.1, -0.05) is 43.3 Å². The molecule has 0 radical (unpaired) electrons. The minimum absolute atomic E-state index is 0.0642. The van der Waals surface area contributed by atoms with Crippen LogP contribution in [0.3, 0.4) is 0 Å². The predicted octanol–water partition coefficient (Wildman–Crippen LogP) is 4.56. The highest BCUT2D eigenvalue weighted by atomic mass is 19.3. The number of anilines is 1. The van der Waals surface area contributed by atoms with Gasteiger partial charge in [-0.25, -0.2) is 4.79 Å². The number of halogens is 2. The zero-order valence-electron chi connectivity index (χ0n) is 12.6. The van der Waals surface area contributed by atoms with E-state index in [9.17, 15) is 13.6 Å². The molecule has 0 spiro atoms. The normalized spacial score (nSPS) is 11.8. The zero-order valence-corrected chi connectivity index (χ0v) is 12.6. The van der Waals surface area contributed by atoms with E-state index in [0.29, 0.717) is 17.7 Å². The average Bonchev–Trinajstić information content (AvgIpc) is 2.54. The highest BCUT2D eigenvalue weighted by molar-refractivity contribution is 5.89. The van der Waals surface area contributed by atoms with Crippen molar-refractivity contribution in [2.24, 2.45) is 0 Å². The molecule has 0 unspecified atom stereocenters. The van der Waals surface area contributed by atoms with E-state index in [1.165, 1.54) is 6.07 Å². The molecule has 0 heterocycles. The number of ether oxygens (including phenoxy) is 1. The quantitative estimate of drug-likeness (QED) is 0.819. The molecule has 2 N–H and O–H groups in total. The molecule has 4 nitrogen and oxygen atoms in total. The van der Waals surface area contributed by atoms with Gasteiger partial charge in [0.1, 0.15) is 5.75 Å². The summed E-state index contributed by atoms with van der Waals surface area (Å²) in [5.41, 5.74) is 1.16. The third kappa shape index (κ3) is 4.95. The number of carbonyl (C=O) groups is 1. The molecular formula is C17H18F2N2O2. The van der Waals surface area contributed by atoms with Gasteiger partial charge in [-0.3, -0.25) is 0 Å². The summed E-state index contributed by atoms with van der Waals surface area (Å²) in [6, 6.07) is 14.6. The summed E-state index contributed by atoms with van der Waals surface area (Å²) in [4.78, 5) is 12.1. The molecule has 2 rings (SSSR count). The van der Waals surface area contributed by atoms with Crippen molar-refractivity contribution in [3.05, 3.63) is 60.2 Å². The van der Waals surface area contributed by atoms with Crippen LogP contribution in [0.25, 0.3) is 0 Å². The van der Waals surface area contributed by atoms with Crippen LogP contribution in [-0.2, 0) is 0 Å². The number of hydrogen-bond acceptors (Lipinski definition) is 2. The lowest BCUT2D eigenvalue weighted by atomic mass is 10.0. The number of alkyl halides is 2. The number of nitrogens with one attached hydrogen (secondary N) is 2. The van der Waals surface area contributed by atoms with Crippen LogP contribution in [0.5, 0.6) is 5.75 Å². The van der Waals surface area contributed by atoms with Crippen molar-refractivity contribution in [1.82, 2.24) is 5.32 Å². The fourth-order valence-electron chi connectivity index (χ4n) is 2.22. The first-order valence-corrected chi connectivity index (χ1v) is 7.26. The summed E-state index contributed by atoms with van der Waals surface area (Å²) in [7, 11) is 0. The number of urea groups is 1. The first kappa shape index (κ1) is 16.7. The van der Waals surface area contributed by atoms with Crippen molar-refractivity contribution in [3.63, 3.8) is 0 Å². The lowest BCUT2D eigenvalue weighted by Crippen LogP contribution is -2.32. The molecule has 0 fully saturated rings. The van der Waals surface area contributed by atoms with Crippen LogP contribution in [0.1, 0.15) is 24.9 Å². The van der Waals surface area contributed by atoms with Crippen LogP contribution in [0.4, 0.5) is 19.3 Å². The van der Waals surface area contributed by atoms with Crippen LogP contribution in [0.15, 0.2) is 54.6 Å². The van der Waals surface area contributed by atoms with Gasteiger partial charge >= 0.3 is 12.6 Å². The Balaban J connectivity index is 2.09. The molecule has 0 saturated heterocycles. The van der Waals surface area contributed by atoms with Crippen LogP contribution < -0.4 is 15.4 Å². The van der Waals surface area contributed by atoms with E-state index in [0.717, 1.165) is 0 Å². The largest absolute Gasteiger partial charge is 0.434 e. The monoisotopic (exact) mass is 320 g/mol. The molecule has 2 amide bonds. The fourth-order valence-corrected chi connectivity index (χ4v) is 2.22. The van der Waals surface area contributed by atoms with E-state index in [2.05, 4.69) is 15.4 Å². The molecule has 2 aromatic carbocycles. The molecular weight excluding hydrogens is 302 g/mol. The minimum atomic E-state index is -2.91. The Kier molecular flexibility index (Phi) is 5.91. The molecule has 1 atom stereocenters.